The van der Waals surface area contributed by atoms with E-state index < -0.39 is 18.6 Å². The highest BCUT2D eigenvalue weighted by Crippen LogP contribution is 2.21. The summed E-state index contributed by atoms with van der Waals surface area (Å²) in [5.41, 5.74) is 2.81. The molecule has 0 radical (unpaired) electrons. The summed E-state index contributed by atoms with van der Waals surface area (Å²) in [6.07, 6.45) is -4.46. The van der Waals surface area contributed by atoms with E-state index in [-0.39, 0.29) is 11.4 Å². The number of halogens is 3. The highest BCUT2D eigenvalue weighted by molar-refractivity contribution is 6.06. The quantitative estimate of drug-likeness (QED) is 0.593. The minimum absolute atomic E-state index is 0.0767. The Morgan fingerprint density at radius 2 is 2.00 bits per heavy atom. The van der Waals surface area contributed by atoms with Gasteiger partial charge in [-0.05, 0) is 12.1 Å². The molecule has 0 atom stereocenters. The van der Waals surface area contributed by atoms with Crippen LogP contribution in [0.25, 0.3) is 10.9 Å². The molecule has 4 N–H and O–H groups in total. The van der Waals surface area contributed by atoms with Crippen molar-refractivity contribution in [3.8, 4) is 0 Å². The number of carbonyl (C=O) groups is 1. The lowest BCUT2D eigenvalue weighted by Crippen LogP contribution is -2.33. The van der Waals surface area contributed by atoms with E-state index in [2.05, 4.69) is 10.4 Å². The zero-order chi connectivity index (χ0) is 14.8. The van der Waals surface area contributed by atoms with Crippen molar-refractivity contribution in [2.24, 2.45) is 5.84 Å². The summed E-state index contributed by atoms with van der Waals surface area (Å²) in [6, 6.07) is 7.91. The molecule has 5 nitrogen and oxygen atoms in total. The molecule has 0 aliphatic heterocycles. The number of anilines is 1. The van der Waals surface area contributed by atoms with Gasteiger partial charge in [0.25, 0.3) is 5.91 Å². The molecular formula is C12H11F3N4O. The molecule has 0 bridgehead atoms. The first-order valence-corrected chi connectivity index (χ1v) is 5.62. The summed E-state index contributed by atoms with van der Waals surface area (Å²) in [6.45, 7) is -1.39. The van der Waals surface area contributed by atoms with E-state index in [1.807, 2.05) is 5.32 Å². The van der Waals surface area contributed by atoms with Crippen LogP contribution in [0.1, 0.15) is 10.4 Å². The Kier molecular flexibility index (Phi) is 3.75. The Bertz CT molecular complexity index is 642. The first kappa shape index (κ1) is 14.1. The van der Waals surface area contributed by atoms with Crippen molar-refractivity contribution in [1.82, 2.24) is 10.3 Å². The van der Waals surface area contributed by atoms with Crippen molar-refractivity contribution in [2.45, 2.75) is 6.18 Å². The zero-order valence-electron chi connectivity index (χ0n) is 10.2. The maximum absolute atomic E-state index is 12.1. The SMILES string of the molecule is NNc1cc(C(=O)NCC(F)(F)F)c2ccccc2n1. The number of fused-ring (bicyclic) bond motifs is 1. The minimum atomic E-state index is -4.46. The van der Waals surface area contributed by atoms with Gasteiger partial charge in [0.1, 0.15) is 12.4 Å². The third kappa shape index (κ3) is 3.15. The van der Waals surface area contributed by atoms with E-state index in [0.29, 0.717) is 10.9 Å². The second kappa shape index (κ2) is 5.33. The van der Waals surface area contributed by atoms with Gasteiger partial charge in [-0.15, -0.1) is 0 Å². The topological polar surface area (TPSA) is 80.0 Å². The second-order valence-corrected chi connectivity index (χ2v) is 4.01. The van der Waals surface area contributed by atoms with Crippen LogP contribution in [0.5, 0.6) is 0 Å². The predicted octanol–water partition coefficient (Wildman–Crippen LogP) is 1.81. The number of hydrogen-bond donors (Lipinski definition) is 3. The van der Waals surface area contributed by atoms with Gasteiger partial charge in [0.2, 0.25) is 0 Å². The first-order valence-electron chi connectivity index (χ1n) is 5.62. The van der Waals surface area contributed by atoms with Crippen molar-refractivity contribution in [3.05, 3.63) is 35.9 Å². The summed E-state index contributed by atoms with van der Waals surface area (Å²) in [7, 11) is 0. The van der Waals surface area contributed by atoms with E-state index in [4.69, 9.17) is 5.84 Å². The summed E-state index contributed by atoms with van der Waals surface area (Å²) in [4.78, 5) is 16.0. The van der Waals surface area contributed by atoms with Gasteiger partial charge >= 0.3 is 6.18 Å². The minimum Gasteiger partial charge on any atom is -0.343 e. The van der Waals surface area contributed by atoms with Gasteiger partial charge in [0.15, 0.2) is 0 Å². The molecule has 0 unspecified atom stereocenters. The van der Waals surface area contributed by atoms with Gasteiger partial charge < -0.3 is 10.7 Å². The number of aromatic nitrogens is 1. The van der Waals surface area contributed by atoms with Crippen LogP contribution < -0.4 is 16.6 Å². The Morgan fingerprint density at radius 3 is 2.65 bits per heavy atom. The van der Waals surface area contributed by atoms with Crippen molar-refractivity contribution in [3.63, 3.8) is 0 Å². The smallest absolute Gasteiger partial charge is 0.343 e. The molecule has 1 aromatic carbocycles. The number of nitrogens with one attached hydrogen (secondary N) is 2. The lowest BCUT2D eigenvalue weighted by Gasteiger charge is -2.11. The van der Waals surface area contributed by atoms with E-state index in [1.54, 1.807) is 24.3 Å². The monoisotopic (exact) mass is 284 g/mol. The zero-order valence-corrected chi connectivity index (χ0v) is 10.2. The van der Waals surface area contributed by atoms with Gasteiger partial charge in [0.05, 0.1) is 11.1 Å². The number of amides is 1. The molecule has 0 spiro atoms. The molecule has 106 valence electrons. The summed E-state index contributed by atoms with van der Waals surface area (Å²) in [5, 5.41) is 2.27. The molecule has 0 fully saturated rings. The molecule has 20 heavy (non-hydrogen) atoms. The maximum atomic E-state index is 12.1. The van der Waals surface area contributed by atoms with Crippen LogP contribution in [-0.2, 0) is 0 Å². The Morgan fingerprint density at radius 1 is 1.30 bits per heavy atom. The van der Waals surface area contributed by atoms with Gasteiger partial charge in [0, 0.05) is 5.39 Å². The first-order chi connectivity index (χ1) is 9.40. The van der Waals surface area contributed by atoms with Crippen molar-refractivity contribution >= 4 is 22.6 Å². The van der Waals surface area contributed by atoms with Crippen LogP contribution >= 0.6 is 0 Å². The Hall–Kier alpha value is -2.35. The van der Waals surface area contributed by atoms with Gasteiger partial charge in [-0.1, -0.05) is 18.2 Å². The lowest BCUT2D eigenvalue weighted by atomic mass is 10.1. The number of carbonyl (C=O) groups excluding carboxylic acids is 1. The number of nitrogens with two attached hydrogens (primary N) is 1. The van der Waals surface area contributed by atoms with Crippen LogP contribution in [-0.4, -0.2) is 23.6 Å². The van der Waals surface area contributed by atoms with Gasteiger partial charge in [-0.2, -0.15) is 13.2 Å². The molecular weight excluding hydrogens is 273 g/mol. The number of rotatable bonds is 3. The van der Waals surface area contributed by atoms with E-state index in [0.717, 1.165) is 0 Å². The number of benzene rings is 1. The standard InChI is InChI=1S/C12H11F3N4O/c13-12(14,15)6-17-11(20)8-5-10(19-16)18-9-4-2-1-3-7(8)9/h1-5H,6,16H2,(H,17,20)(H,18,19). The molecule has 0 aliphatic rings. The number of nitrogens with zero attached hydrogens (tertiary/aromatic N) is 1. The lowest BCUT2D eigenvalue weighted by molar-refractivity contribution is -0.123. The number of hydrazine groups is 1. The largest absolute Gasteiger partial charge is 0.405 e. The van der Waals surface area contributed by atoms with Crippen LogP contribution in [0.15, 0.2) is 30.3 Å². The second-order valence-electron chi connectivity index (χ2n) is 4.01. The Balaban J connectivity index is 2.39. The van der Waals surface area contributed by atoms with Crippen LogP contribution in [0.4, 0.5) is 19.0 Å². The van der Waals surface area contributed by atoms with Crippen molar-refractivity contribution < 1.29 is 18.0 Å². The third-order valence-electron chi connectivity index (χ3n) is 2.56. The number of nitrogen functional groups attached to an aromatic ring is 1. The fourth-order valence-electron chi connectivity index (χ4n) is 1.71. The van der Waals surface area contributed by atoms with Gasteiger partial charge in [-0.25, -0.2) is 10.8 Å². The van der Waals surface area contributed by atoms with Crippen LogP contribution in [0, 0.1) is 0 Å². The fourth-order valence-corrected chi connectivity index (χ4v) is 1.71. The molecule has 8 heteroatoms. The van der Waals surface area contributed by atoms with Gasteiger partial charge in [-0.3, -0.25) is 4.79 Å². The molecule has 0 saturated carbocycles. The van der Waals surface area contributed by atoms with E-state index in [9.17, 15) is 18.0 Å². The maximum Gasteiger partial charge on any atom is 0.405 e. The molecule has 2 rings (SSSR count). The predicted molar refractivity (Wildman–Crippen MR) is 67.9 cm³/mol. The highest BCUT2D eigenvalue weighted by Gasteiger charge is 2.28. The van der Waals surface area contributed by atoms with E-state index >= 15 is 0 Å². The Labute approximate surface area is 111 Å². The average Bonchev–Trinajstić information content (AvgIpc) is 2.42. The molecule has 1 aromatic heterocycles. The number of hydrogen-bond acceptors (Lipinski definition) is 4. The fraction of sp³-hybridized carbons (Fsp3) is 0.167. The number of pyridine rings is 1. The molecule has 2 aromatic rings. The highest BCUT2D eigenvalue weighted by atomic mass is 19.4. The van der Waals surface area contributed by atoms with Crippen LogP contribution in [0.2, 0.25) is 0 Å². The van der Waals surface area contributed by atoms with Crippen LogP contribution in [0.3, 0.4) is 0 Å². The average molecular weight is 284 g/mol. The summed E-state index contributed by atoms with van der Waals surface area (Å²) in [5.74, 6) is 4.59. The summed E-state index contributed by atoms with van der Waals surface area (Å²) < 4.78 is 36.4. The van der Waals surface area contributed by atoms with E-state index in [1.165, 1.54) is 6.07 Å². The number of para-hydroxylation sites is 1. The molecule has 0 aliphatic carbocycles. The molecule has 0 saturated heterocycles. The molecule has 1 heterocycles. The summed E-state index contributed by atoms with van der Waals surface area (Å²) >= 11 is 0. The third-order valence-corrected chi connectivity index (χ3v) is 2.56. The normalized spacial score (nSPS) is 11.4. The van der Waals surface area contributed by atoms with Crippen molar-refractivity contribution in [2.75, 3.05) is 12.0 Å². The van der Waals surface area contributed by atoms with Crippen molar-refractivity contribution in [1.29, 1.82) is 0 Å². The molecule has 1 amide bonds. The number of alkyl halides is 3.